The minimum absolute atomic E-state index is 0.0472. The Balaban J connectivity index is 2.07. The van der Waals surface area contributed by atoms with E-state index in [2.05, 4.69) is 27.7 Å². The summed E-state index contributed by atoms with van der Waals surface area (Å²) in [4.78, 5) is 14.0. The predicted octanol–water partition coefficient (Wildman–Crippen LogP) is 1.50. The Kier molecular flexibility index (Phi) is 2.67. The highest BCUT2D eigenvalue weighted by Crippen LogP contribution is 2.58. The fourth-order valence-electron chi connectivity index (χ4n) is 4.67. The van der Waals surface area contributed by atoms with E-state index in [1.807, 2.05) is 4.90 Å². The van der Waals surface area contributed by atoms with Gasteiger partial charge >= 0.3 is 0 Å². The smallest absolute Gasteiger partial charge is 0.251 e. The van der Waals surface area contributed by atoms with Gasteiger partial charge in [0, 0.05) is 12.1 Å². The molecule has 3 aliphatic heterocycles. The fraction of sp³-hybridized carbons (Fsp3) is 0.923. The summed E-state index contributed by atoms with van der Waals surface area (Å²) in [5.41, 5.74) is 0.962. The summed E-state index contributed by atoms with van der Waals surface area (Å²) in [5.74, 6) is -0.0472. The van der Waals surface area contributed by atoms with E-state index in [4.69, 9.17) is 4.43 Å². The Hall–Kier alpha value is -0.393. The van der Waals surface area contributed by atoms with Crippen molar-refractivity contribution in [2.45, 2.75) is 69.0 Å². The lowest BCUT2D eigenvalue weighted by Gasteiger charge is -2.39. The number of amides is 1. The van der Waals surface area contributed by atoms with Crippen LogP contribution in [0.1, 0.15) is 34.1 Å². The van der Waals surface area contributed by atoms with Crippen LogP contribution in [0.15, 0.2) is 0 Å². The first-order valence-electron chi connectivity index (χ1n) is 7.07. The highest BCUT2D eigenvalue weighted by molar-refractivity contribution is 6.79. The summed E-state index contributed by atoms with van der Waals surface area (Å²) in [7, 11) is -2.09. The van der Waals surface area contributed by atoms with Crippen molar-refractivity contribution < 1.29 is 14.3 Å². The lowest BCUT2D eigenvalue weighted by atomic mass is 10.1. The van der Waals surface area contributed by atoms with Crippen LogP contribution < -0.4 is 0 Å². The van der Waals surface area contributed by atoms with E-state index in [1.165, 1.54) is 0 Å². The van der Waals surface area contributed by atoms with Gasteiger partial charge in [0.15, 0.2) is 0 Å². The summed E-state index contributed by atoms with van der Waals surface area (Å²) in [6.07, 6.45) is 0.331. The van der Waals surface area contributed by atoms with E-state index >= 15 is 0 Å². The Bertz CT molecular complexity index is 376. The van der Waals surface area contributed by atoms with Crippen LogP contribution in [0.4, 0.5) is 0 Å². The van der Waals surface area contributed by atoms with Gasteiger partial charge in [0.25, 0.3) is 5.91 Å². The number of aliphatic hydroxyl groups excluding tert-OH is 1. The van der Waals surface area contributed by atoms with Gasteiger partial charge < -0.3 is 14.4 Å². The molecule has 4 nitrogen and oxygen atoms in total. The molecule has 3 fully saturated rings. The second kappa shape index (κ2) is 3.80. The molecule has 102 valence electrons. The number of carbonyl (C=O) groups excluding carboxylic acids is 1. The normalized spacial score (nSPS) is 41.3. The van der Waals surface area contributed by atoms with Crippen molar-refractivity contribution in [2.24, 2.45) is 0 Å². The van der Waals surface area contributed by atoms with Crippen molar-refractivity contribution in [1.82, 2.24) is 4.90 Å². The molecule has 0 radical (unpaired) electrons. The molecule has 4 atom stereocenters. The van der Waals surface area contributed by atoms with Crippen molar-refractivity contribution in [2.75, 3.05) is 6.54 Å². The first-order valence-corrected chi connectivity index (χ1v) is 9.21. The Morgan fingerprint density at radius 1 is 1.33 bits per heavy atom. The second-order valence-electron chi connectivity index (χ2n) is 6.60. The zero-order valence-corrected chi connectivity index (χ0v) is 12.6. The number of hydrogen-bond donors (Lipinski definition) is 1. The standard InChI is InChI=1S/C13H23NO3Si/c1-7(2)18(8(3)4)12-10-9(17-18)5-6-14(10)13(16)11(12)15/h7-12,15H,5-6H2,1-4H3/t9-,10?,11-,12-/m1/s1. The van der Waals surface area contributed by atoms with Crippen molar-refractivity contribution in [3.8, 4) is 0 Å². The van der Waals surface area contributed by atoms with E-state index in [9.17, 15) is 9.90 Å². The van der Waals surface area contributed by atoms with E-state index in [1.54, 1.807) is 0 Å². The maximum absolute atomic E-state index is 12.2. The highest BCUT2D eigenvalue weighted by atomic mass is 28.4. The molecule has 0 aliphatic carbocycles. The van der Waals surface area contributed by atoms with Gasteiger partial charge in [-0.3, -0.25) is 4.79 Å². The van der Waals surface area contributed by atoms with Crippen LogP contribution >= 0.6 is 0 Å². The molecular formula is C13H23NO3Si. The molecule has 3 heterocycles. The molecule has 0 spiro atoms. The van der Waals surface area contributed by atoms with Crippen LogP contribution in [0.25, 0.3) is 0 Å². The number of aliphatic hydroxyl groups is 1. The van der Waals surface area contributed by atoms with E-state index in [0.717, 1.165) is 13.0 Å². The zero-order chi connectivity index (χ0) is 13.2. The third-order valence-corrected chi connectivity index (χ3v) is 11.3. The van der Waals surface area contributed by atoms with Crippen molar-refractivity contribution in [3.05, 3.63) is 0 Å². The molecule has 18 heavy (non-hydrogen) atoms. The molecule has 0 saturated carbocycles. The van der Waals surface area contributed by atoms with Crippen LogP contribution in [0.3, 0.4) is 0 Å². The maximum atomic E-state index is 12.2. The molecule has 0 aromatic heterocycles. The van der Waals surface area contributed by atoms with E-state index < -0.39 is 14.4 Å². The van der Waals surface area contributed by atoms with Crippen LogP contribution in [0.2, 0.25) is 16.6 Å². The molecule has 1 amide bonds. The first kappa shape index (κ1) is 12.6. The summed E-state index contributed by atoms with van der Waals surface area (Å²) in [6, 6.07) is 0.170. The molecule has 0 aromatic rings. The first-order chi connectivity index (χ1) is 8.41. The maximum Gasteiger partial charge on any atom is 0.251 e. The van der Waals surface area contributed by atoms with Crippen LogP contribution in [-0.2, 0) is 9.22 Å². The molecule has 3 saturated heterocycles. The van der Waals surface area contributed by atoms with E-state index in [-0.39, 0.29) is 23.6 Å². The summed E-state index contributed by atoms with van der Waals surface area (Å²) < 4.78 is 6.53. The lowest BCUT2D eigenvalue weighted by molar-refractivity contribution is -0.134. The third-order valence-electron chi connectivity index (χ3n) is 5.32. The molecule has 3 aliphatic rings. The van der Waals surface area contributed by atoms with Gasteiger partial charge in [-0.25, -0.2) is 0 Å². The molecule has 5 heteroatoms. The van der Waals surface area contributed by atoms with Crippen molar-refractivity contribution >= 4 is 14.2 Å². The number of carbonyl (C=O) groups is 1. The van der Waals surface area contributed by atoms with Gasteiger partial charge in [-0.1, -0.05) is 27.7 Å². The molecule has 0 bridgehead atoms. The van der Waals surface area contributed by atoms with Gasteiger partial charge in [0.05, 0.1) is 12.1 Å². The van der Waals surface area contributed by atoms with Crippen LogP contribution in [0, 0.1) is 0 Å². The second-order valence-corrected chi connectivity index (χ2v) is 11.5. The molecule has 1 unspecified atom stereocenters. The molecule has 3 rings (SSSR count). The Labute approximate surface area is 109 Å². The van der Waals surface area contributed by atoms with Gasteiger partial charge in [0.2, 0.25) is 8.32 Å². The largest absolute Gasteiger partial charge is 0.411 e. The summed E-state index contributed by atoms with van der Waals surface area (Å²) in [5, 5.41) is 10.4. The van der Waals surface area contributed by atoms with Crippen molar-refractivity contribution in [3.63, 3.8) is 0 Å². The minimum Gasteiger partial charge on any atom is -0.411 e. The quantitative estimate of drug-likeness (QED) is 0.773. The Morgan fingerprint density at radius 2 is 1.94 bits per heavy atom. The Morgan fingerprint density at radius 3 is 2.50 bits per heavy atom. The topological polar surface area (TPSA) is 49.8 Å². The van der Waals surface area contributed by atoms with Gasteiger partial charge in [-0.05, 0) is 17.5 Å². The minimum atomic E-state index is -2.09. The fourth-order valence-corrected chi connectivity index (χ4v) is 10.6. The molecule has 0 aromatic carbocycles. The monoisotopic (exact) mass is 269 g/mol. The highest BCUT2D eigenvalue weighted by Gasteiger charge is 2.70. The lowest BCUT2D eigenvalue weighted by Crippen LogP contribution is -2.49. The predicted molar refractivity (Wildman–Crippen MR) is 70.7 cm³/mol. The summed E-state index contributed by atoms with van der Waals surface area (Å²) >= 11 is 0. The average Bonchev–Trinajstić information content (AvgIpc) is 2.88. The van der Waals surface area contributed by atoms with Gasteiger partial charge in [-0.15, -0.1) is 0 Å². The number of rotatable bonds is 2. The number of hydrogen-bond acceptors (Lipinski definition) is 3. The van der Waals surface area contributed by atoms with E-state index in [0.29, 0.717) is 11.1 Å². The van der Waals surface area contributed by atoms with Gasteiger partial charge in [0.1, 0.15) is 6.10 Å². The SMILES string of the molecule is CC(C)[Si]1(C(C)C)O[C@@H]2CCN3C(=O)[C@H](O)[C@H]1C23. The molecule has 1 N–H and O–H groups in total. The average molecular weight is 269 g/mol. The van der Waals surface area contributed by atoms with Crippen molar-refractivity contribution in [1.29, 1.82) is 0 Å². The van der Waals surface area contributed by atoms with Gasteiger partial charge in [-0.2, -0.15) is 0 Å². The molecular weight excluding hydrogens is 246 g/mol. The van der Waals surface area contributed by atoms with Crippen LogP contribution in [0.5, 0.6) is 0 Å². The number of nitrogens with zero attached hydrogens (tertiary/aromatic N) is 1. The van der Waals surface area contributed by atoms with Crippen LogP contribution in [-0.4, -0.2) is 49.0 Å². The zero-order valence-electron chi connectivity index (χ0n) is 11.6. The third kappa shape index (κ3) is 1.25. The summed E-state index contributed by atoms with van der Waals surface area (Å²) in [6.45, 7) is 9.57.